The molecule has 1 heterocycles. The van der Waals surface area contributed by atoms with Gasteiger partial charge in [-0.1, -0.05) is 48.0 Å². The number of nitrogens with zero attached hydrogens (tertiary/aromatic N) is 2. The van der Waals surface area contributed by atoms with E-state index in [1.807, 2.05) is 0 Å². The van der Waals surface area contributed by atoms with Crippen molar-refractivity contribution in [3.8, 4) is 0 Å². The molecule has 1 aliphatic rings. The Kier molecular flexibility index (Phi) is 7.86. The Morgan fingerprint density at radius 2 is 1.73 bits per heavy atom. The molecule has 10 nitrogen and oxygen atoms in total. The second kappa shape index (κ2) is 11.1. The average molecular weight is 576 g/mol. The number of anilines is 1. The lowest BCUT2D eigenvalue weighted by molar-refractivity contribution is -0.385. The number of carbonyl (C=O) groups excluding carboxylic acids is 4. The van der Waals surface area contributed by atoms with Crippen LogP contribution in [0.25, 0.3) is 0 Å². The van der Waals surface area contributed by atoms with Crippen molar-refractivity contribution >= 4 is 46.7 Å². The quantitative estimate of drug-likeness (QED) is 0.169. The Balaban J connectivity index is 1.49. The second-order valence-electron chi connectivity index (χ2n) is 8.43. The number of benzene rings is 3. The number of hydrogen-bond acceptors (Lipinski definition) is 7. The number of amides is 3. The third-order valence-corrected chi connectivity index (χ3v) is 6.17. The number of rotatable bonds is 8. The highest BCUT2D eigenvalue weighted by Crippen LogP contribution is 2.36. The third-order valence-electron chi connectivity index (χ3n) is 5.84. The van der Waals surface area contributed by atoms with Crippen molar-refractivity contribution in [3.05, 3.63) is 104 Å². The van der Waals surface area contributed by atoms with E-state index in [1.54, 1.807) is 18.2 Å². The Morgan fingerprint density at radius 3 is 2.38 bits per heavy atom. The predicted molar refractivity (Wildman–Crippen MR) is 133 cm³/mol. The summed E-state index contributed by atoms with van der Waals surface area (Å²) in [7, 11) is 0. The van der Waals surface area contributed by atoms with Gasteiger partial charge in [-0.05, 0) is 24.3 Å². The Labute approximate surface area is 228 Å². The Hall–Kier alpha value is -4.78. The minimum absolute atomic E-state index is 0.185. The molecule has 0 radical (unpaired) electrons. The van der Waals surface area contributed by atoms with Gasteiger partial charge in [-0.3, -0.25) is 34.2 Å². The van der Waals surface area contributed by atoms with Crippen LogP contribution in [0.3, 0.4) is 0 Å². The zero-order valence-electron chi connectivity index (χ0n) is 20.1. The van der Waals surface area contributed by atoms with Crippen molar-refractivity contribution in [1.29, 1.82) is 0 Å². The van der Waals surface area contributed by atoms with Gasteiger partial charge >= 0.3 is 12.1 Å². The first kappa shape index (κ1) is 28.2. The highest BCUT2D eigenvalue weighted by Gasteiger charge is 2.41. The summed E-state index contributed by atoms with van der Waals surface area (Å²) in [6.45, 7) is -0.502. The predicted octanol–water partition coefficient (Wildman–Crippen LogP) is 5.18. The van der Waals surface area contributed by atoms with E-state index in [0.717, 1.165) is 18.2 Å². The number of nitrogens with one attached hydrogen (secondary N) is 1. The van der Waals surface area contributed by atoms with Gasteiger partial charge < -0.3 is 10.1 Å². The molecular formula is C26H17ClF3N3O7. The summed E-state index contributed by atoms with van der Waals surface area (Å²) < 4.78 is 45.0. The number of alkyl halides is 3. The molecule has 3 aromatic rings. The second-order valence-corrected chi connectivity index (χ2v) is 8.84. The molecule has 0 aromatic heterocycles. The smallest absolute Gasteiger partial charge is 0.417 e. The number of ether oxygens (including phenoxy) is 1. The highest BCUT2D eigenvalue weighted by atomic mass is 35.5. The van der Waals surface area contributed by atoms with Gasteiger partial charge in [0, 0.05) is 23.9 Å². The largest absolute Gasteiger partial charge is 0.447 e. The number of imide groups is 1. The molecule has 0 aliphatic carbocycles. The molecule has 0 saturated heterocycles. The van der Waals surface area contributed by atoms with E-state index < -0.39 is 75.7 Å². The van der Waals surface area contributed by atoms with Crippen molar-refractivity contribution in [2.75, 3.05) is 11.9 Å². The number of carbonyl (C=O) groups is 4. The molecule has 3 aromatic carbocycles. The fourth-order valence-electron chi connectivity index (χ4n) is 3.99. The van der Waals surface area contributed by atoms with Gasteiger partial charge in [0.15, 0.2) is 0 Å². The molecular weight excluding hydrogens is 559 g/mol. The number of halogens is 4. The van der Waals surface area contributed by atoms with Gasteiger partial charge in [0.05, 0.1) is 27.5 Å². The van der Waals surface area contributed by atoms with Crippen molar-refractivity contribution in [2.24, 2.45) is 0 Å². The van der Waals surface area contributed by atoms with E-state index >= 15 is 0 Å². The van der Waals surface area contributed by atoms with Crippen molar-refractivity contribution in [1.82, 2.24) is 4.90 Å². The van der Waals surface area contributed by atoms with Crippen LogP contribution in [0, 0.1) is 10.1 Å². The molecule has 0 fully saturated rings. The van der Waals surface area contributed by atoms with E-state index in [0.29, 0.717) is 11.0 Å². The fraction of sp³-hybridized carbons (Fsp3) is 0.154. The lowest BCUT2D eigenvalue weighted by Crippen LogP contribution is -2.33. The van der Waals surface area contributed by atoms with Crippen molar-refractivity contribution in [3.63, 3.8) is 0 Å². The van der Waals surface area contributed by atoms with Crippen molar-refractivity contribution in [2.45, 2.75) is 18.7 Å². The van der Waals surface area contributed by atoms with E-state index in [-0.39, 0.29) is 16.8 Å². The standard InChI is InChI=1S/C26H17ClF3N3O7/c27-18-10-9-15(13-17(18)26(28,29)30)31-23(35)22(14-5-2-1-3-6-14)40-20(34)11-12-32-24(36)16-7-4-8-19(33(38)39)21(16)25(32)37/h1-10,13,22H,11-12H2,(H,31,35)/t22-/m0/s1. The highest BCUT2D eigenvalue weighted by molar-refractivity contribution is 6.31. The fourth-order valence-corrected chi connectivity index (χ4v) is 4.22. The van der Waals surface area contributed by atoms with Crippen LogP contribution >= 0.6 is 11.6 Å². The normalized spacial score (nSPS) is 13.6. The molecule has 1 aliphatic heterocycles. The maximum atomic E-state index is 13.2. The van der Waals surface area contributed by atoms with E-state index in [1.165, 1.54) is 24.3 Å². The molecule has 14 heteroatoms. The molecule has 4 rings (SSSR count). The number of esters is 1. The topological polar surface area (TPSA) is 136 Å². The first-order chi connectivity index (χ1) is 18.9. The number of nitro groups is 1. The zero-order valence-corrected chi connectivity index (χ0v) is 20.9. The van der Waals surface area contributed by atoms with Gasteiger partial charge in [-0.25, -0.2) is 0 Å². The van der Waals surface area contributed by atoms with Crippen LogP contribution in [0.15, 0.2) is 66.7 Å². The minimum atomic E-state index is -4.78. The summed E-state index contributed by atoms with van der Waals surface area (Å²) in [6.07, 6.45) is -6.97. The minimum Gasteiger partial charge on any atom is -0.447 e. The van der Waals surface area contributed by atoms with E-state index in [4.69, 9.17) is 16.3 Å². The Morgan fingerprint density at radius 1 is 1.02 bits per heavy atom. The zero-order chi connectivity index (χ0) is 29.2. The molecule has 0 bridgehead atoms. The first-order valence-corrected chi connectivity index (χ1v) is 11.8. The summed E-state index contributed by atoms with van der Waals surface area (Å²) in [6, 6.07) is 13.9. The van der Waals surface area contributed by atoms with Gasteiger partial charge in [0.1, 0.15) is 5.56 Å². The van der Waals surface area contributed by atoms with Gasteiger partial charge in [-0.15, -0.1) is 0 Å². The van der Waals surface area contributed by atoms with Gasteiger partial charge in [-0.2, -0.15) is 13.2 Å². The SMILES string of the molecule is O=C(CCN1C(=O)c2cccc([N+](=O)[O-])c2C1=O)O[C@H](C(=O)Nc1ccc(Cl)c(C(F)(F)F)c1)c1ccccc1. The summed E-state index contributed by atoms with van der Waals surface area (Å²) >= 11 is 5.62. The van der Waals surface area contributed by atoms with Gasteiger partial charge in [0.25, 0.3) is 23.4 Å². The maximum absolute atomic E-state index is 13.2. The number of nitro benzene ring substituents is 1. The average Bonchev–Trinajstić information content (AvgIpc) is 3.16. The Bertz CT molecular complexity index is 1530. The number of hydrogen-bond donors (Lipinski definition) is 1. The summed E-state index contributed by atoms with van der Waals surface area (Å²) in [5.74, 6) is -3.80. The van der Waals surface area contributed by atoms with Crippen molar-refractivity contribution < 1.29 is 42.0 Å². The monoisotopic (exact) mass is 575 g/mol. The van der Waals surface area contributed by atoms with E-state index in [9.17, 15) is 42.5 Å². The molecule has 0 unspecified atom stereocenters. The molecule has 40 heavy (non-hydrogen) atoms. The molecule has 0 spiro atoms. The number of fused-ring (bicyclic) bond motifs is 1. The van der Waals surface area contributed by atoms with Crippen LogP contribution in [0.1, 0.15) is 44.4 Å². The molecule has 3 amide bonds. The molecule has 1 N–H and O–H groups in total. The molecule has 206 valence electrons. The van der Waals surface area contributed by atoms with Crippen LogP contribution < -0.4 is 5.32 Å². The lowest BCUT2D eigenvalue weighted by atomic mass is 10.1. The van der Waals surface area contributed by atoms with Gasteiger partial charge in [0.2, 0.25) is 6.10 Å². The van der Waals surface area contributed by atoms with Crippen LogP contribution in [-0.2, 0) is 20.5 Å². The van der Waals surface area contributed by atoms with Crippen LogP contribution in [0.5, 0.6) is 0 Å². The first-order valence-electron chi connectivity index (χ1n) is 11.4. The van der Waals surface area contributed by atoms with Crippen LogP contribution in [-0.4, -0.2) is 40.1 Å². The third kappa shape index (κ3) is 5.78. The summed E-state index contributed by atoms with van der Waals surface area (Å²) in [5, 5.41) is 13.0. The van der Waals surface area contributed by atoms with Crippen LogP contribution in [0.4, 0.5) is 24.5 Å². The maximum Gasteiger partial charge on any atom is 0.417 e. The van der Waals surface area contributed by atoms with E-state index in [2.05, 4.69) is 5.32 Å². The summed E-state index contributed by atoms with van der Waals surface area (Å²) in [5.41, 5.74) is -2.39. The molecule has 1 atom stereocenters. The van der Waals surface area contributed by atoms with Crippen LogP contribution in [0.2, 0.25) is 5.02 Å². The molecule has 0 saturated carbocycles. The lowest BCUT2D eigenvalue weighted by Gasteiger charge is -2.20. The summed E-state index contributed by atoms with van der Waals surface area (Å²) in [4.78, 5) is 62.2.